The SMILES string of the molecule is C/C(=N/NC(=O)c1ccoc1C)c1ccc(Cl)c([N+](=O)[O-])c1. The highest BCUT2D eigenvalue weighted by Gasteiger charge is 2.14. The van der Waals surface area contributed by atoms with Gasteiger partial charge in [-0.25, -0.2) is 5.43 Å². The van der Waals surface area contributed by atoms with Gasteiger partial charge in [-0.3, -0.25) is 14.9 Å². The smallest absolute Gasteiger partial charge is 0.288 e. The largest absolute Gasteiger partial charge is 0.469 e. The van der Waals surface area contributed by atoms with Crippen LogP contribution in [-0.4, -0.2) is 16.5 Å². The summed E-state index contributed by atoms with van der Waals surface area (Å²) in [6, 6.07) is 5.83. The van der Waals surface area contributed by atoms with E-state index in [-0.39, 0.29) is 10.7 Å². The molecule has 1 N–H and O–H groups in total. The Bertz CT molecular complexity index is 767. The van der Waals surface area contributed by atoms with E-state index in [1.54, 1.807) is 19.9 Å². The summed E-state index contributed by atoms with van der Waals surface area (Å²) in [5, 5.41) is 14.8. The molecule has 0 aliphatic rings. The Labute approximate surface area is 130 Å². The number of nitrogens with one attached hydrogen (secondary N) is 1. The Kier molecular flexibility index (Phi) is 4.57. The van der Waals surface area contributed by atoms with Gasteiger partial charge < -0.3 is 4.42 Å². The van der Waals surface area contributed by atoms with Gasteiger partial charge in [0, 0.05) is 11.6 Å². The van der Waals surface area contributed by atoms with Crippen LogP contribution in [0.4, 0.5) is 5.69 Å². The molecule has 0 saturated heterocycles. The molecule has 0 fully saturated rings. The van der Waals surface area contributed by atoms with Gasteiger partial charge in [-0.1, -0.05) is 17.7 Å². The monoisotopic (exact) mass is 321 g/mol. The number of nitrogens with zero attached hydrogens (tertiary/aromatic N) is 2. The van der Waals surface area contributed by atoms with Crippen molar-refractivity contribution in [2.24, 2.45) is 5.10 Å². The Balaban J connectivity index is 2.19. The predicted molar refractivity (Wildman–Crippen MR) is 81.2 cm³/mol. The van der Waals surface area contributed by atoms with Gasteiger partial charge in [0.1, 0.15) is 10.8 Å². The summed E-state index contributed by atoms with van der Waals surface area (Å²) in [5.41, 5.74) is 3.43. The molecule has 22 heavy (non-hydrogen) atoms. The molecule has 1 aromatic carbocycles. The van der Waals surface area contributed by atoms with E-state index in [0.29, 0.717) is 22.6 Å². The quantitative estimate of drug-likeness (QED) is 0.530. The minimum Gasteiger partial charge on any atom is -0.469 e. The zero-order chi connectivity index (χ0) is 16.3. The van der Waals surface area contributed by atoms with Crippen molar-refractivity contribution in [2.75, 3.05) is 0 Å². The summed E-state index contributed by atoms with van der Waals surface area (Å²) in [6.45, 7) is 3.28. The summed E-state index contributed by atoms with van der Waals surface area (Å²) in [5.74, 6) is 0.0570. The molecular weight excluding hydrogens is 310 g/mol. The second-order valence-corrected chi connectivity index (χ2v) is 4.86. The van der Waals surface area contributed by atoms with E-state index in [0.717, 1.165) is 0 Å². The molecule has 1 amide bonds. The van der Waals surface area contributed by atoms with Gasteiger partial charge in [-0.2, -0.15) is 5.10 Å². The summed E-state index contributed by atoms with van der Waals surface area (Å²) >= 11 is 5.75. The third-order valence-electron chi connectivity index (χ3n) is 2.99. The molecule has 1 heterocycles. The van der Waals surface area contributed by atoms with E-state index >= 15 is 0 Å². The molecule has 8 heteroatoms. The van der Waals surface area contributed by atoms with Gasteiger partial charge in [0.25, 0.3) is 11.6 Å². The molecule has 7 nitrogen and oxygen atoms in total. The van der Waals surface area contributed by atoms with E-state index in [1.165, 1.54) is 24.5 Å². The number of halogens is 1. The molecule has 0 aliphatic heterocycles. The predicted octanol–water partition coefficient (Wildman–Crippen LogP) is 3.30. The van der Waals surface area contributed by atoms with Crippen LogP contribution in [0.5, 0.6) is 0 Å². The maximum absolute atomic E-state index is 11.9. The third kappa shape index (κ3) is 3.32. The van der Waals surface area contributed by atoms with Gasteiger partial charge in [0.05, 0.1) is 22.5 Å². The number of aryl methyl sites for hydroxylation is 1. The lowest BCUT2D eigenvalue weighted by atomic mass is 10.1. The number of rotatable bonds is 4. The molecule has 0 spiro atoms. The zero-order valence-electron chi connectivity index (χ0n) is 11.8. The van der Waals surface area contributed by atoms with Gasteiger partial charge in [-0.05, 0) is 26.0 Å². The molecule has 0 radical (unpaired) electrons. The third-order valence-corrected chi connectivity index (χ3v) is 3.31. The van der Waals surface area contributed by atoms with Crippen LogP contribution in [0.25, 0.3) is 0 Å². The molecule has 2 rings (SSSR count). The number of furan rings is 1. The standard InChI is InChI=1S/C14H12ClN3O4/c1-8(10-3-4-12(15)13(7-10)18(20)21)16-17-14(19)11-5-6-22-9(11)2/h3-7H,1-2H3,(H,17,19)/b16-8-. The first kappa shape index (κ1) is 15.7. The van der Waals surface area contributed by atoms with Gasteiger partial charge >= 0.3 is 0 Å². The molecule has 0 unspecified atom stereocenters. The lowest BCUT2D eigenvalue weighted by Gasteiger charge is -2.03. The van der Waals surface area contributed by atoms with Crippen molar-refractivity contribution in [1.82, 2.24) is 5.43 Å². The Hall–Kier alpha value is -2.67. The number of benzene rings is 1. The van der Waals surface area contributed by atoms with Crippen molar-refractivity contribution in [3.8, 4) is 0 Å². The Morgan fingerprint density at radius 3 is 2.73 bits per heavy atom. The second kappa shape index (κ2) is 6.40. The number of hydrogen-bond donors (Lipinski definition) is 1. The van der Waals surface area contributed by atoms with E-state index in [9.17, 15) is 14.9 Å². The Morgan fingerprint density at radius 1 is 1.41 bits per heavy atom. The van der Waals surface area contributed by atoms with E-state index in [2.05, 4.69) is 10.5 Å². The highest BCUT2D eigenvalue weighted by atomic mass is 35.5. The van der Waals surface area contributed by atoms with E-state index in [1.807, 2.05) is 0 Å². The topological polar surface area (TPSA) is 97.7 Å². The molecule has 0 atom stereocenters. The fraction of sp³-hybridized carbons (Fsp3) is 0.143. The number of carbonyl (C=O) groups excluding carboxylic acids is 1. The van der Waals surface area contributed by atoms with Crippen LogP contribution >= 0.6 is 11.6 Å². The van der Waals surface area contributed by atoms with Crippen LogP contribution < -0.4 is 5.43 Å². The summed E-state index contributed by atoms with van der Waals surface area (Å²) in [6.07, 6.45) is 1.41. The average molecular weight is 322 g/mol. The van der Waals surface area contributed by atoms with Crippen LogP contribution in [0.3, 0.4) is 0 Å². The summed E-state index contributed by atoms with van der Waals surface area (Å²) < 4.78 is 5.03. The number of nitro groups is 1. The van der Waals surface area contributed by atoms with Crippen molar-refractivity contribution in [3.05, 3.63) is 62.6 Å². The fourth-order valence-electron chi connectivity index (χ4n) is 1.76. The fourth-order valence-corrected chi connectivity index (χ4v) is 1.94. The van der Waals surface area contributed by atoms with Crippen LogP contribution in [0.1, 0.15) is 28.6 Å². The van der Waals surface area contributed by atoms with Crippen LogP contribution in [0, 0.1) is 17.0 Å². The van der Waals surface area contributed by atoms with Gasteiger partial charge in [0.15, 0.2) is 0 Å². The lowest BCUT2D eigenvalue weighted by molar-refractivity contribution is -0.384. The number of amides is 1. The lowest BCUT2D eigenvalue weighted by Crippen LogP contribution is -2.19. The van der Waals surface area contributed by atoms with Crippen molar-refractivity contribution < 1.29 is 14.1 Å². The maximum atomic E-state index is 11.9. The van der Waals surface area contributed by atoms with Crippen molar-refractivity contribution in [3.63, 3.8) is 0 Å². The number of hydrogen-bond acceptors (Lipinski definition) is 5. The molecule has 114 valence electrons. The average Bonchev–Trinajstić information content (AvgIpc) is 2.90. The number of carbonyl (C=O) groups is 1. The number of nitro benzene ring substituents is 1. The molecule has 0 bridgehead atoms. The molecule has 1 aromatic heterocycles. The van der Waals surface area contributed by atoms with E-state index in [4.69, 9.17) is 16.0 Å². The normalized spacial score (nSPS) is 11.3. The van der Waals surface area contributed by atoms with Gasteiger partial charge in [0.2, 0.25) is 0 Å². The maximum Gasteiger partial charge on any atom is 0.288 e. The van der Waals surface area contributed by atoms with Crippen LogP contribution in [0.15, 0.2) is 40.0 Å². The molecule has 2 aromatic rings. The van der Waals surface area contributed by atoms with Crippen molar-refractivity contribution in [1.29, 1.82) is 0 Å². The highest BCUT2D eigenvalue weighted by molar-refractivity contribution is 6.32. The minimum absolute atomic E-state index is 0.0413. The second-order valence-electron chi connectivity index (χ2n) is 4.45. The van der Waals surface area contributed by atoms with Crippen LogP contribution in [0.2, 0.25) is 5.02 Å². The first-order valence-electron chi connectivity index (χ1n) is 6.23. The first-order valence-corrected chi connectivity index (χ1v) is 6.61. The molecule has 0 saturated carbocycles. The minimum atomic E-state index is -0.577. The molecule has 0 aliphatic carbocycles. The van der Waals surface area contributed by atoms with Crippen molar-refractivity contribution in [2.45, 2.75) is 13.8 Å². The summed E-state index contributed by atoms with van der Waals surface area (Å²) in [4.78, 5) is 22.2. The zero-order valence-corrected chi connectivity index (χ0v) is 12.5. The van der Waals surface area contributed by atoms with Crippen molar-refractivity contribution >= 4 is 28.9 Å². The summed E-state index contributed by atoms with van der Waals surface area (Å²) in [7, 11) is 0. The van der Waals surface area contributed by atoms with Crippen LogP contribution in [-0.2, 0) is 0 Å². The highest BCUT2D eigenvalue weighted by Crippen LogP contribution is 2.25. The van der Waals surface area contributed by atoms with Gasteiger partial charge in [-0.15, -0.1) is 0 Å². The Morgan fingerprint density at radius 2 is 2.14 bits per heavy atom. The first-order chi connectivity index (χ1) is 10.4. The molecular formula is C14H12ClN3O4. The number of hydrazone groups is 1. The van der Waals surface area contributed by atoms with E-state index < -0.39 is 10.8 Å².